The molecule has 24 heavy (non-hydrogen) atoms. The number of hydrogen-bond donors (Lipinski definition) is 1. The predicted octanol–water partition coefficient (Wildman–Crippen LogP) is 5.17. The monoisotopic (exact) mass is 339 g/mol. The summed E-state index contributed by atoms with van der Waals surface area (Å²) in [6.07, 6.45) is 3.35. The molecule has 4 heteroatoms. The number of hydrogen-bond acceptors (Lipinski definition) is 2. The number of ether oxygens (including phenoxy) is 1. The third-order valence-electron chi connectivity index (χ3n) is 4.69. The lowest BCUT2D eigenvalue weighted by molar-refractivity contribution is 0.0735. The molecule has 1 aliphatic rings. The van der Waals surface area contributed by atoms with Crippen LogP contribution >= 0.6 is 11.6 Å². The fraction of sp³-hybridized carbons (Fsp3) is 0.250. The van der Waals surface area contributed by atoms with Crippen molar-refractivity contribution in [1.82, 2.24) is 4.98 Å². The average molecular weight is 340 g/mol. The van der Waals surface area contributed by atoms with Gasteiger partial charge in [0.25, 0.3) is 0 Å². The standard InChI is InChI=1S/C20H18ClNO2/c1-12-2-8-18-16(10-12)17-11-13(3-9-19(17)22-18)20(23)24-15-6-4-14(21)5-7-15/h3-7,9,11-12,22H,2,8,10H2,1H3/t12-/m0/s1. The van der Waals surface area contributed by atoms with Crippen LogP contribution in [0.2, 0.25) is 5.02 Å². The lowest BCUT2D eigenvalue weighted by atomic mass is 9.87. The molecule has 1 heterocycles. The first-order valence-corrected chi connectivity index (χ1v) is 8.59. The van der Waals surface area contributed by atoms with Gasteiger partial charge in [0.15, 0.2) is 0 Å². The minimum atomic E-state index is -0.349. The Bertz CT molecular complexity index is 911. The van der Waals surface area contributed by atoms with E-state index in [-0.39, 0.29) is 5.97 Å². The molecular weight excluding hydrogens is 322 g/mol. The quantitative estimate of drug-likeness (QED) is 0.517. The Balaban J connectivity index is 1.65. The zero-order chi connectivity index (χ0) is 16.7. The maximum Gasteiger partial charge on any atom is 0.343 e. The molecule has 1 aliphatic carbocycles. The summed E-state index contributed by atoms with van der Waals surface area (Å²) in [6.45, 7) is 2.28. The van der Waals surface area contributed by atoms with Gasteiger partial charge in [0.05, 0.1) is 5.56 Å². The highest BCUT2D eigenvalue weighted by atomic mass is 35.5. The van der Waals surface area contributed by atoms with Gasteiger partial charge in [0.2, 0.25) is 0 Å². The van der Waals surface area contributed by atoms with Gasteiger partial charge in [-0.3, -0.25) is 0 Å². The van der Waals surface area contributed by atoms with Crippen LogP contribution in [0.5, 0.6) is 5.75 Å². The number of nitrogens with one attached hydrogen (secondary N) is 1. The van der Waals surface area contributed by atoms with Crippen LogP contribution in [0.15, 0.2) is 42.5 Å². The van der Waals surface area contributed by atoms with E-state index < -0.39 is 0 Å². The molecule has 3 nitrogen and oxygen atoms in total. The molecular formula is C20H18ClNO2. The van der Waals surface area contributed by atoms with E-state index in [4.69, 9.17) is 16.3 Å². The molecule has 0 bridgehead atoms. The molecule has 1 atom stereocenters. The van der Waals surface area contributed by atoms with Crippen LogP contribution in [-0.4, -0.2) is 11.0 Å². The van der Waals surface area contributed by atoms with Crippen molar-refractivity contribution in [2.45, 2.75) is 26.2 Å². The van der Waals surface area contributed by atoms with Crippen LogP contribution in [0.1, 0.15) is 35.0 Å². The average Bonchev–Trinajstić information content (AvgIpc) is 2.94. The summed E-state index contributed by atoms with van der Waals surface area (Å²) in [5.41, 5.74) is 4.32. The van der Waals surface area contributed by atoms with Gasteiger partial charge >= 0.3 is 5.97 Å². The van der Waals surface area contributed by atoms with Crippen LogP contribution in [0.25, 0.3) is 10.9 Å². The lowest BCUT2D eigenvalue weighted by Gasteiger charge is -2.18. The molecule has 1 aromatic heterocycles. The number of H-pyrrole nitrogens is 1. The number of rotatable bonds is 2. The van der Waals surface area contributed by atoms with Gasteiger partial charge in [-0.25, -0.2) is 4.79 Å². The highest BCUT2D eigenvalue weighted by molar-refractivity contribution is 6.30. The Labute approximate surface area is 145 Å². The highest BCUT2D eigenvalue weighted by Crippen LogP contribution is 2.32. The SMILES string of the molecule is C[C@H]1CCc2[nH]c3ccc(C(=O)Oc4ccc(Cl)cc4)cc3c2C1. The first-order chi connectivity index (χ1) is 11.6. The van der Waals surface area contributed by atoms with Gasteiger partial charge in [-0.05, 0) is 73.2 Å². The first kappa shape index (κ1) is 15.3. The van der Waals surface area contributed by atoms with Crippen LogP contribution in [0.3, 0.4) is 0 Å². The fourth-order valence-corrected chi connectivity index (χ4v) is 3.51. The van der Waals surface area contributed by atoms with E-state index in [0.29, 0.717) is 22.3 Å². The van der Waals surface area contributed by atoms with Gasteiger partial charge in [-0.15, -0.1) is 0 Å². The zero-order valence-electron chi connectivity index (χ0n) is 13.4. The second-order valence-corrected chi connectivity index (χ2v) is 6.97. The van der Waals surface area contributed by atoms with Crippen molar-refractivity contribution in [3.63, 3.8) is 0 Å². The van der Waals surface area contributed by atoms with Gasteiger partial charge in [-0.1, -0.05) is 18.5 Å². The molecule has 2 aromatic carbocycles. The van der Waals surface area contributed by atoms with E-state index >= 15 is 0 Å². The number of fused-ring (bicyclic) bond motifs is 3. The Kier molecular flexibility index (Phi) is 3.81. The van der Waals surface area contributed by atoms with E-state index in [1.807, 2.05) is 18.2 Å². The molecule has 0 spiro atoms. The molecule has 0 fully saturated rings. The summed E-state index contributed by atoms with van der Waals surface area (Å²) in [5.74, 6) is 0.827. The maximum absolute atomic E-state index is 12.4. The van der Waals surface area contributed by atoms with Crippen molar-refractivity contribution in [2.75, 3.05) is 0 Å². The van der Waals surface area contributed by atoms with Gasteiger partial charge in [0.1, 0.15) is 5.75 Å². The fourth-order valence-electron chi connectivity index (χ4n) is 3.39. The molecule has 1 N–H and O–H groups in total. The van der Waals surface area contributed by atoms with Crippen molar-refractivity contribution in [3.05, 3.63) is 64.3 Å². The van der Waals surface area contributed by atoms with Gasteiger partial charge < -0.3 is 9.72 Å². The minimum Gasteiger partial charge on any atom is -0.423 e. The number of carbonyl (C=O) groups is 1. The summed E-state index contributed by atoms with van der Waals surface area (Å²) in [6, 6.07) is 12.5. The molecule has 3 aromatic rings. The number of aromatic nitrogens is 1. The van der Waals surface area contributed by atoms with E-state index in [2.05, 4.69) is 11.9 Å². The molecule has 0 radical (unpaired) electrons. The van der Waals surface area contributed by atoms with Crippen LogP contribution in [-0.2, 0) is 12.8 Å². The van der Waals surface area contributed by atoms with Crippen molar-refractivity contribution >= 4 is 28.5 Å². The third-order valence-corrected chi connectivity index (χ3v) is 4.95. The molecule has 0 saturated carbocycles. The van der Waals surface area contributed by atoms with E-state index in [9.17, 15) is 4.79 Å². The number of aromatic amines is 1. The van der Waals surface area contributed by atoms with Crippen LogP contribution < -0.4 is 4.74 Å². The Morgan fingerprint density at radius 2 is 2.00 bits per heavy atom. The largest absolute Gasteiger partial charge is 0.423 e. The summed E-state index contributed by atoms with van der Waals surface area (Å²) in [4.78, 5) is 15.9. The Morgan fingerprint density at radius 1 is 1.21 bits per heavy atom. The van der Waals surface area contributed by atoms with E-state index in [1.54, 1.807) is 24.3 Å². The summed E-state index contributed by atoms with van der Waals surface area (Å²) >= 11 is 5.85. The van der Waals surface area contributed by atoms with Crippen LogP contribution in [0.4, 0.5) is 0 Å². The second kappa shape index (κ2) is 5.99. The molecule has 0 aliphatic heterocycles. The highest BCUT2D eigenvalue weighted by Gasteiger charge is 2.21. The summed E-state index contributed by atoms with van der Waals surface area (Å²) < 4.78 is 5.44. The first-order valence-electron chi connectivity index (χ1n) is 8.21. The van der Waals surface area contributed by atoms with Crippen LogP contribution in [0, 0.1) is 5.92 Å². The summed E-state index contributed by atoms with van der Waals surface area (Å²) in [7, 11) is 0. The molecule has 0 unspecified atom stereocenters. The molecule has 0 saturated heterocycles. The van der Waals surface area contributed by atoms with E-state index in [1.165, 1.54) is 17.7 Å². The van der Waals surface area contributed by atoms with Crippen molar-refractivity contribution in [2.24, 2.45) is 5.92 Å². The maximum atomic E-state index is 12.4. The smallest absolute Gasteiger partial charge is 0.343 e. The molecule has 122 valence electrons. The van der Waals surface area contributed by atoms with Crippen molar-refractivity contribution < 1.29 is 9.53 Å². The molecule has 0 amide bonds. The normalized spacial score (nSPS) is 16.8. The minimum absolute atomic E-state index is 0.349. The number of aryl methyl sites for hydroxylation is 1. The number of halogens is 1. The predicted molar refractivity (Wildman–Crippen MR) is 95.9 cm³/mol. The number of benzene rings is 2. The Hall–Kier alpha value is -2.26. The topological polar surface area (TPSA) is 42.1 Å². The van der Waals surface area contributed by atoms with Crippen molar-refractivity contribution in [3.8, 4) is 5.75 Å². The van der Waals surface area contributed by atoms with Crippen molar-refractivity contribution in [1.29, 1.82) is 0 Å². The second-order valence-electron chi connectivity index (χ2n) is 6.53. The summed E-state index contributed by atoms with van der Waals surface area (Å²) in [5, 5.41) is 1.76. The number of esters is 1. The third kappa shape index (κ3) is 2.80. The van der Waals surface area contributed by atoms with Gasteiger partial charge in [0, 0.05) is 21.6 Å². The van der Waals surface area contributed by atoms with E-state index in [0.717, 1.165) is 23.7 Å². The lowest BCUT2D eigenvalue weighted by Crippen LogP contribution is -2.10. The Morgan fingerprint density at radius 3 is 2.79 bits per heavy atom. The number of carbonyl (C=O) groups excluding carboxylic acids is 1. The molecule has 4 rings (SSSR count). The zero-order valence-corrected chi connectivity index (χ0v) is 14.2. The van der Waals surface area contributed by atoms with Gasteiger partial charge in [-0.2, -0.15) is 0 Å².